The fourth-order valence-corrected chi connectivity index (χ4v) is 3.85. The number of para-hydroxylation sites is 1. The number of aryl methyl sites for hydroxylation is 1. The van der Waals surface area contributed by atoms with Crippen molar-refractivity contribution in [1.29, 1.82) is 0 Å². The van der Waals surface area contributed by atoms with E-state index in [9.17, 15) is 0 Å². The van der Waals surface area contributed by atoms with Crippen molar-refractivity contribution in [3.8, 4) is 16.9 Å². The molecule has 1 aromatic heterocycles. The standard InChI is InChI=1S/C24H21N3/c1-3-9-18(10-4-1)17-25-24-22-16-15-19-11-7-8-14-21(19)23(22)26-27(24)20-12-5-2-6-13-20/h1-14,25H,15-17H2. The summed E-state index contributed by atoms with van der Waals surface area (Å²) in [7, 11) is 0. The van der Waals surface area contributed by atoms with E-state index in [-0.39, 0.29) is 0 Å². The second-order valence-electron chi connectivity index (χ2n) is 6.92. The van der Waals surface area contributed by atoms with Gasteiger partial charge in [-0.05, 0) is 36.1 Å². The smallest absolute Gasteiger partial charge is 0.133 e. The molecule has 3 aromatic carbocycles. The van der Waals surface area contributed by atoms with Crippen molar-refractivity contribution in [1.82, 2.24) is 9.78 Å². The molecule has 0 spiro atoms. The van der Waals surface area contributed by atoms with Crippen molar-refractivity contribution in [3.63, 3.8) is 0 Å². The number of benzene rings is 3. The molecule has 0 aliphatic heterocycles. The molecule has 1 N–H and O–H groups in total. The van der Waals surface area contributed by atoms with Gasteiger partial charge in [-0.2, -0.15) is 5.10 Å². The number of rotatable bonds is 4. The average molecular weight is 351 g/mol. The molecule has 5 rings (SSSR count). The minimum atomic E-state index is 0.785. The average Bonchev–Trinajstić information content (AvgIpc) is 3.13. The van der Waals surface area contributed by atoms with Gasteiger partial charge in [0, 0.05) is 17.7 Å². The SMILES string of the molecule is c1ccc(CNc2c3c(nn2-c2ccccc2)-c2ccccc2CC3)cc1. The van der Waals surface area contributed by atoms with Gasteiger partial charge in [-0.1, -0.05) is 72.8 Å². The maximum atomic E-state index is 5.03. The number of hydrogen-bond donors (Lipinski definition) is 1. The summed E-state index contributed by atoms with van der Waals surface area (Å²) < 4.78 is 2.07. The van der Waals surface area contributed by atoms with Gasteiger partial charge in [0.25, 0.3) is 0 Å². The fourth-order valence-electron chi connectivity index (χ4n) is 3.85. The molecule has 4 aromatic rings. The molecule has 0 saturated heterocycles. The second-order valence-corrected chi connectivity index (χ2v) is 6.92. The van der Waals surface area contributed by atoms with Crippen molar-refractivity contribution in [2.75, 3.05) is 5.32 Å². The van der Waals surface area contributed by atoms with Crippen molar-refractivity contribution in [2.45, 2.75) is 19.4 Å². The van der Waals surface area contributed by atoms with Gasteiger partial charge < -0.3 is 5.32 Å². The minimum Gasteiger partial charge on any atom is -0.366 e. The summed E-state index contributed by atoms with van der Waals surface area (Å²) >= 11 is 0. The molecule has 0 saturated carbocycles. The molecule has 3 nitrogen and oxygen atoms in total. The Bertz CT molecular complexity index is 1070. The van der Waals surface area contributed by atoms with Gasteiger partial charge in [0.15, 0.2) is 0 Å². The Balaban J connectivity index is 1.61. The first-order valence-electron chi connectivity index (χ1n) is 9.43. The first-order valence-corrected chi connectivity index (χ1v) is 9.43. The molecule has 0 radical (unpaired) electrons. The van der Waals surface area contributed by atoms with Crippen LogP contribution in [0.1, 0.15) is 16.7 Å². The molecule has 0 amide bonds. The van der Waals surface area contributed by atoms with E-state index in [4.69, 9.17) is 5.10 Å². The number of anilines is 1. The zero-order chi connectivity index (χ0) is 18.1. The van der Waals surface area contributed by atoms with Crippen LogP contribution in [0.5, 0.6) is 0 Å². The Morgan fingerprint density at radius 3 is 2.30 bits per heavy atom. The van der Waals surface area contributed by atoms with E-state index in [0.29, 0.717) is 0 Å². The third kappa shape index (κ3) is 2.91. The Kier molecular flexibility index (Phi) is 3.98. The number of fused-ring (bicyclic) bond motifs is 3. The lowest BCUT2D eigenvalue weighted by Crippen LogP contribution is -2.09. The van der Waals surface area contributed by atoms with Crippen molar-refractivity contribution < 1.29 is 0 Å². The fraction of sp³-hybridized carbons (Fsp3) is 0.125. The maximum absolute atomic E-state index is 5.03. The first kappa shape index (κ1) is 15.9. The van der Waals surface area contributed by atoms with E-state index in [0.717, 1.165) is 36.6 Å². The quantitative estimate of drug-likeness (QED) is 0.544. The highest BCUT2D eigenvalue weighted by Crippen LogP contribution is 2.38. The zero-order valence-corrected chi connectivity index (χ0v) is 15.1. The van der Waals surface area contributed by atoms with E-state index >= 15 is 0 Å². The monoisotopic (exact) mass is 351 g/mol. The lowest BCUT2D eigenvalue weighted by molar-refractivity contribution is 0.877. The molecule has 27 heavy (non-hydrogen) atoms. The zero-order valence-electron chi connectivity index (χ0n) is 15.1. The van der Waals surface area contributed by atoms with Crippen LogP contribution in [0.3, 0.4) is 0 Å². The summed E-state index contributed by atoms with van der Waals surface area (Å²) in [6, 6.07) is 29.5. The normalized spacial score (nSPS) is 12.3. The number of aromatic nitrogens is 2. The molecule has 0 bridgehead atoms. The number of hydrogen-bond acceptors (Lipinski definition) is 2. The van der Waals surface area contributed by atoms with Crippen LogP contribution in [-0.4, -0.2) is 9.78 Å². The van der Waals surface area contributed by atoms with Gasteiger partial charge >= 0.3 is 0 Å². The lowest BCUT2D eigenvalue weighted by Gasteiger charge is -2.16. The van der Waals surface area contributed by atoms with Crippen molar-refractivity contribution in [3.05, 3.63) is 102 Å². The highest BCUT2D eigenvalue weighted by Gasteiger charge is 2.25. The summed E-state index contributed by atoms with van der Waals surface area (Å²) in [5.41, 5.74) is 7.42. The van der Waals surface area contributed by atoms with Gasteiger partial charge in [0.2, 0.25) is 0 Å². The predicted octanol–water partition coefficient (Wildman–Crippen LogP) is 5.25. The summed E-state index contributed by atoms with van der Waals surface area (Å²) in [6.07, 6.45) is 2.07. The van der Waals surface area contributed by atoms with Crippen LogP contribution in [0.25, 0.3) is 16.9 Å². The third-order valence-electron chi connectivity index (χ3n) is 5.20. The number of nitrogens with zero attached hydrogens (tertiary/aromatic N) is 2. The lowest BCUT2D eigenvalue weighted by atomic mass is 9.90. The molecule has 3 heteroatoms. The molecule has 1 aliphatic carbocycles. The van der Waals surface area contributed by atoms with E-state index in [1.807, 2.05) is 6.07 Å². The highest BCUT2D eigenvalue weighted by atomic mass is 15.3. The van der Waals surface area contributed by atoms with Crippen LogP contribution in [-0.2, 0) is 19.4 Å². The first-order chi connectivity index (χ1) is 13.4. The Morgan fingerprint density at radius 2 is 1.48 bits per heavy atom. The molecule has 0 fully saturated rings. The van der Waals surface area contributed by atoms with Crippen LogP contribution in [0.15, 0.2) is 84.9 Å². The molecule has 132 valence electrons. The van der Waals surface area contributed by atoms with Crippen molar-refractivity contribution >= 4 is 5.82 Å². The van der Waals surface area contributed by atoms with Gasteiger partial charge in [-0.3, -0.25) is 0 Å². The Labute approximate surface area is 159 Å². The van der Waals surface area contributed by atoms with Crippen LogP contribution >= 0.6 is 0 Å². The maximum Gasteiger partial charge on any atom is 0.133 e. The van der Waals surface area contributed by atoms with Crippen LogP contribution < -0.4 is 5.32 Å². The summed E-state index contributed by atoms with van der Waals surface area (Å²) in [4.78, 5) is 0. The molecule has 1 aliphatic rings. The van der Waals surface area contributed by atoms with Crippen LogP contribution in [0, 0.1) is 0 Å². The molecule has 0 unspecified atom stereocenters. The molecule has 0 atom stereocenters. The summed E-state index contributed by atoms with van der Waals surface area (Å²) in [5, 5.41) is 8.70. The summed E-state index contributed by atoms with van der Waals surface area (Å²) in [6.45, 7) is 0.785. The second kappa shape index (κ2) is 6.76. The predicted molar refractivity (Wildman–Crippen MR) is 110 cm³/mol. The highest BCUT2D eigenvalue weighted by molar-refractivity contribution is 5.75. The van der Waals surface area contributed by atoms with Gasteiger partial charge in [0.05, 0.1) is 11.4 Å². The third-order valence-corrected chi connectivity index (χ3v) is 5.20. The van der Waals surface area contributed by atoms with Gasteiger partial charge in [-0.15, -0.1) is 0 Å². The van der Waals surface area contributed by atoms with E-state index in [1.54, 1.807) is 0 Å². The van der Waals surface area contributed by atoms with E-state index in [1.165, 1.54) is 22.3 Å². The van der Waals surface area contributed by atoms with E-state index < -0.39 is 0 Å². The molecule has 1 heterocycles. The van der Waals surface area contributed by atoms with Crippen LogP contribution in [0.2, 0.25) is 0 Å². The van der Waals surface area contributed by atoms with Crippen molar-refractivity contribution in [2.24, 2.45) is 0 Å². The number of nitrogens with one attached hydrogen (secondary N) is 1. The van der Waals surface area contributed by atoms with E-state index in [2.05, 4.69) is 88.9 Å². The molecular formula is C24H21N3. The Morgan fingerprint density at radius 1 is 0.778 bits per heavy atom. The Hall–Kier alpha value is -3.33. The minimum absolute atomic E-state index is 0.785. The summed E-state index contributed by atoms with van der Waals surface area (Å²) in [5.74, 6) is 1.11. The van der Waals surface area contributed by atoms with Crippen LogP contribution in [0.4, 0.5) is 5.82 Å². The largest absolute Gasteiger partial charge is 0.366 e. The van der Waals surface area contributed by atoms with Gasteiger partial charge in [0.1, 0.15) is 5.82 Å². The van der Waals surface area contributed by atoms with Gasteiger partial charge in [-0.25, -0.2) is 4.68 Å². The molecular weight excluding hydrogens is 330 g/mol. The topological polar surface area (TPSA) is 29.9 Å².